The van der Waals surface area contributed by atoms with Crippen molar-refractivity contribution in [3.63, 3.8) is 0 Å². The van der Waals surface area contributed by atoms with E-state index in [1.165, 1.54) is 0 Å². The number of hydrogen-bond acceptors (Lipinski definition) is 7. The Hall–Kier alpha value is -3.27. The normalized spacial score (nSPS) is 15.6. The molecule has 1 aliphatic heterocycles. The number of fused-ring (bicyclic) bond motifs is 2. The van der Waals surface area contributed by atoms with E-state index in [-0.39, 0.29) is 6.54 Å². The Kier molecular flexibility index (Phi) is 5.60. The number of methoxy groups -OCH3 is 1. The van der Waals surface area contributed by atoms with Gasteiger partial charge < -0.3 is 15.0 Å². The SMILES string of the molecule is CCN1CCC(Nc2nc(OC)c3c(-c4ccc5nnn(CCF)c5c4)ccn3n2)CC1. The van der Waals surface area contributed by atoms with Gasteiger partial charge in [0.05, 0.1) is 19.2 Å². The van der Waals surface area contributed by atoms with Crippen molar-refractivity contribution in [1.82, 2.24) is 34.5 Å². The topological polar surface area (TPSA) is 85.4 Å². The molecule has 0 aliphatic carbocycles. The van der Waals surface area contributed by atoms with E-state index in [2.05, 4.69) is 37.5 Å². The zero-order chi connectivity index (χ0) is 22.1. The molecule has 0 unspecified atom stereocenters. The molecule has 10 heteroatoms. The Morgan fingerprint density at radius 1 is 1.22 bits per heavy atom. The second kappa shape index (κ2) is 8.70. The van der Waals surface area contributed by atoms with Gasteiger partial charge in [-0.3, -0.25) is 0 Å². The minimum Gasteiger partial charge on any atom is -0.479 e. The van der Waals surface area contributed by atoms with Crippen LogP contribution in [-0.4, -0.2) is 74.0 Å². The summed E-state index contributed by atoms with van der Waals surface area (Å²) in [5.41, 5.74) is 4.17. The molecule has 0 amide bonds. The van der Waals surface area contributed by atoms with Gasteiger partial charge in [0, 0.05) is 30.9 Å². The summed E-state index contributed by atoms with van der Waals surface area (Å²) in [6, 6.07) is 8.16. The van der Waals surface area contributed by atoms with Crippen molar-refractivity contribution < 1.29 is 9.13 Å². The average Bonchev–Trinajstić information content (AvgIpc) is 3.43. The fourth-order valence-electron chi connectivity index (χ4n) is 4.38. The smallest absolute Gasteiger partial charge is 0.244 e. The maximum Gasteiger partial charge on any atom is 0.244 e. The molecule has 0 radical (unpaired) electrons. The van der Waals surface area contributed by atoms with Crippen LogP contribution in [0.4, 0.5) is 10.3 Å². The highest BCUT2D eigenvalue weighted by atomic mass is 19.1. The van der Waals surface area contributed by atoms with Crippen LogP contribution in [0.3, 0.4) is 0 Å². The molecule has 3 aromatic heterocycles. The third kappa shape index (κ3) is 3.75. The summed E-state index contributed by atoms with van der Waals surface area (Å²) in [7, 11) is 1.62. The Morgan fingerprint density at radius 2 is 2.06 bits per heavy atom. The molecule has 1 saturated heterocycles. The maximum absolute atomic E-state index is 12.9. The minimum absolute atomic E-state index is 0.176. The van der Waals surface area contributed by atoms with E-state index in [1.807, 2.05) is 30.5 Å². The van der Waals surface area contributed by atoms with E-state index in [9.17, 15) is 4.39 Å². The largest absolute Gasteiger partial charge is 0.479 e. The van der Waals surface area contributed by atoms with Gasteiger partial charge in [-0.15, -0.1) is 10.2 Å². The van der Waals surface area contributed by atoms with Crippen molar-refractivity contribution in [1.29, 1.82) is 0 Å². The van der Waals surface area contributed by atoms with Crippen LogP contribution in [-0.2, 0) is 6.54 Å². The fourth-order valence-corrected chi connectivity index (χ4v) is 4.38. The van der Waals surface area contributed by atoms with Crippen molar-refractivity contribution in [3.05, 3.63) is 30.5 Å². The number of ether oxygens (including phenoxy) is 1. The molecule has 0 spiro atoms. The van der Waals surface area contributed by atoms with Crippen LogP contribution in [0, 0.1) is 0 Å². The van der Waals surface area contributed by atoms with E-state index < -0.39 is 6.67 Å². The third-order valence-electron chi connectivity index (χ3n) is 6.16. The Bertz CT molecular complexity index is 1230. The van der Waals surface area contributed by atoms with Crippen molar-refractivity contribution in [2.75, 3.05) is 38.7 Å². The predicted molar refractivity (Wildman–Crippen MR) is 121 cm³/mol. The lowest BCUT2D eigenvalue weighted by atomic mass is 10.1. The molecule has 4 heterocycles. The van der Waals surface area contributed by atoms with E-state index in [1.54, 1.807) is 16.3 Å². The predicted octanol–water partition coefficient (Wildman–Crippen LogP) is 3.02. The van der Waals surface area contributed by atoms with Gasteiger partial charge in [0.1, 0.15) is 17.7 Å². The molecular weight excluding hydrogens is 411 g/mol. The first-order valence-corrected chi connectivity index (χ1v) is 11.0. The zero-order valence-corrected chi connectivity index (χ0v) is 18.3. The number of anilines is 1. The summed E-state index contributed by atoms with van der Waals surface area (Å²) in [6.45, 7) is 5.13. The highest BCUT2D eigenvalue weighted by molar-refractivity contribution is 5.89. The van der Waals surface area contributed by atoms with Crippen molar-refractivity contribution in [3.8, 4) is 17.0 Å². The van der Waals surface area contributed by atoms with Crippen LogP contribution < -0.4 is 10.1 Å². The molecule has 9 nitrogen and oxygen atoms in total. The number of benzene rings is 1. The van der Waals surface area contributed by atoms with Crippen LogP contribution in [0.2, 0.25) is 0 Å². The second-order valence-corrected chi connectivity index (χ2v) is 8.03. The Labute approximate surface area is 185 Å². The summed E-state index contributed by atoms with van der Waals surface area (Å²) in [5.74, 6) is 1.07. The number of nitrogens with zero attached hydrogens (tertiary/aromatic N) is 7. The summed E-state index contributed by atoms with van der Waals surface area (Å²) in [6.07, 6.45) is 4.03. The van der Waals surface area contributed by atoms with Crippen LogP contribution in [0.5, 0.6) is 5.88 Å². The minimum atomic E-state index is -0.493. The monoisotopic (exact) mass is 438 g/mol. The van der Waals surface area contributed by atoms with Gasteiger partial charge >= 0.3 is 0 Å². The molecule has 1 aliphatic rings. The lowest BCUT2D eigenvalue weighted by molar-refractivity contribution is 0.229. The summed E-state index contributed by atoms with van der Waals surface area (Å²) < 4.78 is 21.9. The van der Waals surface area contributed by atoms with Gasteiger partial charge in [0.25, 0.3) is 0 Å². The third-order valence-corrected chi connectivity index (χ3v) is 6.16. The first-order valence-electron chi connectivity index (χ1n) is 11.0. The van der Waals surface area contributed by atoms with E-state index in [0.29, 0.717) is 17.9 Å². The average molecular weight is 439 g/mol. The van der Waals surface area contributed by atoms with Crippen molar-refractivity contribution >= 4 is 22.5 Å². The summed E-state index contributed by atoms with van der Waals surface area (Å²) in [4.78, 5) is 7.10. The van der Waals surface area contributed by atoms with Gasteiger partial charge in [-0.1, -0.05) is 18.2 Å². The molecule has 4 aromatic rings. The number of rotatable bonds is 7. The highest BCUT2D eigenvalue weighted by Gasteiger charge is 2.21. The molecule has 0 bridgehead atoms. The lowest BCUT2D eigenvalue weighted by Crippen LogP contribution is -2.39. The molecule has 32 heavy (non-hydrogen) atoms. The molecule has 1 fully saturated rings. The number of alkyl halides is 1. The molecule has 1 N–H and O–H groups in total. The van der Waals surface area contributed by atoms with Gasteiger partial charge in [-0.2, -0.15) is 4.98 Å². The first kappa shape index (κ1) is 20.6. The Balaban J connectivity index is 1.48. The van der Waals surface area contributed by atoms with Gasteiger partial charge in [0.15, 0.2) is 0 Å². The van der Waals surface area contributed by atoms with Crippen molar-refractivity contribution in [2.24, 2.45) is 0 Å². The van der Waals surface area contributed by atoms with E-state index in [4.69, 9.17) is 4.74 Å². The highest BCUT2D eigenvalue weighted by Crippen LogP contribution is 2.33. The van der Waals surface area contributed by atoms with E-state index >= 15 is 0 Å². The number of piperidine rings is 1. The number of hydrogen-bond donors (Lipinski definition) is 1. The summed E-state index contributed by atoms with van der Waals surface area (Å²) >= 11 is 0. The van der Waals surface area contributed by atoms with Gasteiger partial charge in [-0.05, 0) is 43.1 Å². The van der Waals surface area contributed by atoms with Crippen LogP contribution >= 0.6 is 0 Å². The van der Waals surface area contributed by atoms with Crippen molar-refractivity contribution in [2.45, 2.75) is 32.4 Å². The zero-order valence-electron chi connectivity index (χ0n) is 18.3. The lowest BCUT2D eigenvalue weighted by Gasteiger charge is -2.31. The van der Waals surface area contributed by atoms with Gasteiger partial charge in [0.2, 0.25) is 11.8 Å². The Morgan fingerprint density at radius 3 is 2.81 bits per heavy atom. The fraction of sp³-hybridized carbons (Fsp3) is 0.455. The molecule has 5 rings (SSSR count). The maximum atomic E-state index is 12.9. The quantitative estimate of drug-likeness (QED) is 0.475. The number of likely N-dealkylation sites (tertiary alicyclic amines) is 1. The first-order chi connectivity index (χ1) is 15.7. The van der Waals surface area contributed by atoms with E-state index in [0.717, 1.165) is 60.2 Å². The molecular formula is C22H27FN8O. The molecule has 0 atom stereocenters. The summed E-state index contributed by atoms with van der Waals surface area (Å²) in [5, 5.41) is 16.3. The van der Waals surface area contributed by atoms with Crippen LogP contribution in [0.15, 0.2) is 30.5 Å². The number of aromatic nitrogens is 6. The second-order valence-electron chi connectivity index (χ2n) is 8.03. The number of nitrogens with one attached hydrogen (secondary N) is 1. The number of aryl methyl sites for hydroxylation is 1. The molecule has 168 valence electrons. The molecule has 1 aromatic carbocycles. The van der Waals surface area contributed by atoms with Crippen LogP contribution in [0.1, 0.15) is 19.8 Å². The standard InChI is InChI=1S/C22H27FN8O/c1-3-29-10-6-16(7-11-29)24-22-25-21(32-2)20-17(8-12-31(20)27-22)15-4-5-18-19(14-15)30(13-9-23)28-26-18/h4-5,8,12,14,16H,3,6-7,9-11,13H2,1-2H3,(H,24,27). The van der Waals surface area contributed by atoms with Gasteiger partial charge in [-0.25, -0.2) is 13.6 Å². The number of halogens is 1. The van der Waals surface area contributed by atoms with Crippen LogP contribution in [0.25, 0.3) is 27.7 Å². The molecule has 0 saturated carbocycles.